The highest BCUT2D eigenvalue weighted by Crippen LogP contribution is 2.16. The second kappa shape index (κ2) is 5.96. The zero-order valence-electron chi connectivity index (χ0n) is 9.76. The van der Waals surface area contributed by atoms with Crippen LogP contribution in [-0.4, -0.2) is 17.1 Å². The highest BCUT2D eigenvalue weighted by atomic mass is 16.5. The first-order valence-electron chi connectivity index (χ1n) is 5.48. The highest BCUT2D eigenvalue weighted by Gasteiger charge is 2.01. The molecule has 0 saturated heterocycles. The molecule has 0 aliphatic heterocycles. The van der Waals surface area contributed by atoms with Crippen LogP contribution in [0.3, 0.4) is 0 Å². The topological polar surface area (TPSA) is 47.0 Å². The lowest BCUT2D eigenvalue weighted by atomic mass is 10.2. The van der Waals surface area contributed by atoms with Gasteiger partial charge in [0.1, 0.15) is 11.6 Å². The fourth-order valence-corrected chi connectivity index (χ4v) is 1.58. The van der Waals surface area contributed by atoms with Crippen LogP contribution < -0.4 is 10.1 Å². The summed E-state index contributed by atoms with van der Waals surface area (Å²) >= 11 is 0. The molecular formula is C13H15N3O. The second-order valence-electron chi connectivity index (χ2n) is 3.58. The van der Waals surface area contributed by atoms with Crippen LogP contribution in [0.15, 0.2) is 42.7 Å². The van der Waals surface area contributed by atoms with Crippen LogP contribution in [0.25, 0.3) is 0 Å². The zero-order chi connectivity index (χ0) is 11.9. The quantitative estimate of drug-likeness (QED) is 0.849. The monoisotopic (exact) mass is 229 g/mol. The number of nitrogens with zero attached hydrogens (tertiary/aromatic N) is 2. The smallest absolute Gasteiger partial charge is 0.141 e. The van der Waals surface area contributed by atoms with Gasteiger partial charge in [-0.3, -0.25) is 0 Å². The van der Waals surface area contributed by atoms with Crippen molar-refractivity contribution in [2.45, 2.75) is 13.1 Å². The molecular weight excluding hydrogens is 214 g/mol. The lowest BCUT2D eigenvalue weighted by molar-refractivity contribution is 0.407. The summed E-state index contributed by atoms with van der Waals surface area (Å²) < 4.78 is 5.28. The van der Waals surface area contributed by atoms with E-state index in [9.17, 15) is 0 Å². The van der Waals surface area contributed by atoms with Crippen molar-refractivity contribution in [3.63, 3.8) is 0 Å². The predicted octanol–water partition coefficient (Wildman–Crippen LogP) is 1.77. The third-order valence-electron chi connectivity index (χ3n) is 2.41. The minimum atomic E-state index is 0.652. The number of hydrogen-bond donors (Lipinski definition) is 1. The number of para-hydroxylation sites is 1. The average molecular weight is 229 g/mol. The molecule has 4 heteroatoms. The van der Waals surface area contributed by atoms with E-state index in [0.717, 1.165) is 23.7 Å². The summed E-state index contributed by atoms with van der Waals surface area (Å²) in [5.41, 5.74) is 1.13. The Morgan fingerprint density at radius 3 is 2.59 bits per heavy atom. The lowest BCUT2D eigenvalue weighted by Gasteiger charge is -2.08. The molecule has 0 aliphatic carbocycles. The number of nitrogens with one attached hydrogen (secondary N) is 1. The molecule has 1 N–H and O–H groups in total. The van der Waals surface area contributed by atoms with Crippen LogP contribution >= 0.6 is 0 Å². The Balaban J connectivity index is 1.90. The number of aromatic nitrogens is 2. The molecule has 1 heterocycles. The van der Waals surface area contributed by atoms with Crippen molar-refractivity contribution in [3.8, 4) is 5.75 Å². The summed E-state index contributed by atoms with van der Waals surface area (Å²) in [6, 6.07) is 9.76. The largest absolute Gasteiger partial charge is 0.496 e. The number of benzene rings is 1. The average Bonchev–Trinajstić information content (AvgIpc) is 2.40. The zero-order valence-corrected chi connectivity index (χ0v) is 9.76. The summed E-state index contributed by atoms with van der Waals surface area (Å²) in [5, 5.41) is 3.29. The van der Waals surface area contributed by atoms with Gasteiger partial charge < -0.3 is 10.1 Å². The fourth-order valence-electron chi connectivity index (χ4n) is 1.58. The van der Waals surface area contributed by atoms with Crippen molar-refractivity contribution in [3.05, 3.63) is 54.1 Å². The van der Waals surface area contributed by atoms with Gasteiger partial charge in [-0.15, -0.1) is 0 Å². The van der Waals surface area contributed by atoms with Gasteiger partial charge in [-0.05, 0) is 12.1 Å². The normalized spacial score (nSPS) is 10.2. The van der Waals surface area contributed by atoms with E-state index in [1.54, 1.807) is 19.5 Å². The minimum absolute atomic E-state index is 0.652. The van der Waals surface area contributed by atoms with Gasteiger partial charge in [-0.25, -0.2) is 9.97 Å². The second-order valence-corrected chi connectivity index (χ2v) is 3.58. The Labute approximate surface area is 101 Å². The molecule has 0 unspecified atom stereocenters. The molecule has 4 nitrogen and oxygen atoms in total. The van der Waals surface area contributed by atoms with Crippen molar-refractivity contribution in [2.75, 3.05) is 7.11 Å². The molecule has 0 radical (unpaired) electrons. The van der Waals surface area contributed by atoms with E-state index in [4.69, 9.17) is 4.74 Å². The van der Waals surface area contributed by atoms with Gasteiger partial charge in [0.25, 0.3) is 0 Å². The summed E-state index contributed by atoms with van der Waals surface area (Å²) in [7, 11) is 1.68. The van der Waals surface area contributed by atoms with Gasteiger partial charge in [-0.1, -0.05) is 18.2 Å². The maximum absolute atomic E-state index is 5.28. The Hall–Kier alpha value is -1.94. The fraction of sp³-hybridized carbons (Fsp3) is 0.231. The van der Waals surface area contributed by atoms with Crippen LogP contribution in [0.4, 0.5) is 0 Å². The van der Waals surface area contributed by atoms with Crippen molar-refractivity contribution < 1.29 is 4.74 Å². The minimum Gasteiger partial charge on any atom is -0.496 e. The summed E-state index contributed by atoms with van der Waals surface area (Å²) in [6.45, 7) is 1.39. The first-order valence-corrected chi connectivity index (χ1v) is 5.48. The molecule has 2 rings (SSSR count). The lowest BCUT2D eigenvalue weighted by Crippen LogP contribution is -2.15. The Morgan fingerprint density at radius 2 is 1.82 bits per heavy atom. The Kier molecular flexibility index (Phi) is 4.05. The van der Waals surface area contributed by atoms with Gasteiger partial charge >= 0.3 is 0 Å². The van der Waals surface area contributed by atoms with Crippen LogP contribution in [0.2, 0.25) is 0 Å². The van der Waals surface area contributed by atoms with Crippen LogP contribution in [0, 0.1) is 0 Å². The molecule has 0 atom stereocenters. The Morgan fingerprint density at radius 1 is 1.06 bits per heavy atom. The van der Waals surface area contributed by atoms with Crippen molar-refractivity contribution in [1.82, 2.24) is 15.3 Å². The predicted molar refractivity (Wildman–Crippen MR) is 65.6 cm³/mol. The van der Waals surface area contributed by atoms with Crippen molar-refractivity contribution in [1.29, 1.82) is 0 Å². The van der Waals surface area contributed by atoms with Crippen LogP contribution in [0.1, 0.15) is 11.4 Å². The molecule has 0 bridgehead atoms. The molecule has 17 heavy (non-hydrogen) atoms. The third-order valence-corrected chi connectivity index (χ3v) is 2.41. The number of rotatable bonds is 5. The van der Waals surface area contributed by atoms with E-state index in [0.29, 0.717) is 6.54 Å². The van der Waals surface area contributed by atoms with Gasteiger partial charge in [0, 0.05) is 24.5 Å². The first-order chi connectivity index (χ1) is 8.40. The van der Waals surface area contributed by atoms with Gasteiger partial charge in [0.05, 0.1) is 13.7 Å². The van der Waals surface area contributed by atoms with Gasteiger partial charge in [0.15, 0.2) is 0 Å². The van der Waals surface area contributed by atoms with Crippen LogP contribution in [-0.2, 0) is 13.1 Å². The van der Waals surface area contributed by atoms with E-state index < -0.39 is 0 Å². The number of methoxy groups -OCH3 is 1. The third kappa shape index (κ3) is 3.26. The maximum atomic E-state index is 5.28. The molecule has 0 spiro atoms. The van der Waals surface area contributed by atoms with E-state index in [-0.39, 0.29) is 0 Å². The van der Waals surface area contributed by atoms with E-state index in [1.165, 1.54) is 0 Å². The summed E-state index contributed by atoms with van der Waals surface area (Å²) in [5.74, 6) is 1.69. The highest BCUT2D eigenvalue weighted by molar-refractivity contribution is 5.32. The molecule has 1 aromatic carbocycles. The molecule has 2 aromatic rings. The standard InChI is InChI=1S/C13H15N3O/c1-17-12-6-3-2-5-11(12)9-14-10-13-15-7-4-8-16-13/h2-8,14H,9-10H2,1H3. The molecule has 88 valence electrons. The van der Waals surface area contributed by atoms with E-state index in [1.807, 2.05) is 30.3 Å². The van der Waals surface area contributed by atoms with Crippen molar-refractivity contribution >= 4 is 0 Å². The maximum Gasteiger partial charge on any atom is 0.141 e. The summed E-state index contributed by atoms with van der Waals surface area (Å²) in [6.07, 6.45) is 3.49. The molecule has 0 saturated carbocycles. The van der Waals surface area contributed by atoms with E-state index >= 15 is 0 Å². The summed E-state index contributed by atoms with van der Waals surface area (Å²) in [4.78, 5) is 8.30. The molecule has 0 fully saturated rings. The van der Waals surface area contributed by atoms with Crippen molar-refractivity contribution in [2.24, 2.45) is 0 Å². The molecule has 0 amide bonds. The van der Waals surface area contributed by atoms with Crippen LogP contribution in [0.5, 0.6) is 5.75 Å². The molecule has 0 aliphatic rings. The first kappa shape index (κ1) is 11.5. The van der Waals surface area contributed by atoms with Gasteiger partial charge in [0.2, 0.25) is 0 Å². The molecule has 1 aromatic heterocycles. The van der Waals surface area contributed by atoms with Gasteiger partial charge in [-0.2, -0.15) is 0 Å². The number of ether oxygens (including phenoxy) is 1. The number of hydrogen-bond acceptors (Lipinski definition) is 4. The SMILES string of the molecule is COc1ccccc1CNCc1ncccn1. The Bertz CT molecular complexity index is 459. The van der Waals surface area contributed by atoms with E-state index in [2.05, 4.69) is 15.3 Å².